The maximum absolute atomic E-state index is 13.4. The summed E-state index contributed by atoms with van der Waals surface area (Å²) in [5, 5.41) is 0. The van der Waals surface area contributed by atoms with Crippen molar-refractivity contribution in [1.29, 1.82) is 0 Å². The highest BCUT2D eigenvalue weighted by atomic mass is 16.6. The highest BCUT2D eigenvalue weighted by Crippen LogP contribution is 2.50. The number of carbonyl (C=O) groups excluding carboxylic acids is 3. The molecule has 4 aromatic rings. The van der Waals surface area contributed by atoms with E-state index in [2.05, 4.69) is 0 Å². The Morgan fingerprint density at radius 1 is 1.00 bits per heavy atom. The molecule has 2 aromatic heterocycles. The summed E-state index contributed by atoms with van der Waals surface area (Å²) in [5.41, 5.74) is 4.08. The van der Waals surface area contributed by atoms with Gasteiger partial charge >= 0.3 is 11.9 Å². The van der Waals surface area contributed by atoms with Gasteiger partial charge in [-0.05, 0) is 55.8 Å². The fraction of sp³-hybridized carbons (Fsp3) is 0.207. The van der Waals surface area contributed by atoms with E-state index in [4.69, 9.17) is 9.47 Å². The van der Waals surface area contributed by atoms with Crippen LogP contribution in [0.25, 0.3) is 5.52 Å². The van der Waals surface area contributed by atoms with E-state index in [1.54, 1.807) is 24.3 Å². The third-order valence-electron chi connectivity index (χ3n) is 6.66. The van der Waals surface area contributed by atoms with Crippen LogP contribution in [0.15, 0.2) is 66.9 Å². The lowest BCUT2D eigenvalue weighted by Gasteiger charge is -2.31. The normalized spacial score (nSPS) is 16.5. The lowest BCUT2D eigenvalue weighted by Crippen LogP contribution is -2.32. The van der Waals surface area contributed by atoms with Crippen LogP contribution in [0.1, 0.15) is 56.9 Å². The first kappa shape index (κ1) is 23.4. The molecule has 0 N–H and O–H groups in total. The Kier molecular flexibility index (Phi) is 5.43. The van der Waals surface area contributed by atoms with Crippen LogP contribution in [-0.2, 0) is 15.1 Å². The number of pyridine rings is 1. The SMILES string of the molecule is CC(=O)Oc1ccc(C2(c3c(C)c(C(C)=O)c4ccccn34)OC(=O)c3cc(N(C)C)ccc32)cc1. The van der Waals surface area contributed by atoms with Crippen molar-refractivity contribution in [3.8, 4) is 5.75 Å². The van der Waals surface area contributed by atoms with Gasteiger partial charge < -0.3 is 18.8 Å². The molecule has 1 aliphatic heterocycles. The molecule has 0 amide bonds. The molecule has 7 nitrogen and oxygen atoms in total. The zero-order chi connectivity index (χ0) is 25.8. The molecule has 2 aromatic carbocycles. The molecule has 0 radical (unpaired) electrons. The number of hydrogen-bond donors (Lipinski definition) is 0. The summed E-state index contributed by atoms with van der Waals surface area (Å²) in [6, 6.07) is 18.2. The smallest absolute Gasteiger partial charge is 0.340 e. The van der Waals surface area contributed by atoms with Crippen molar-refractivity contribution in [2.75, 3.05) is 19.0 Å². The van der Waals surface area contributed by atoms with Crippen LogP contribution in [0.2, 0.25) is 0 Å². The summed E-state index contributed by atoms with van der Waals surface area (Å²) in [4.78, 5) is 39.6. The van der Waals surface area contributed by atoms with Crippen LogP contribution in [-0.4, -0.2) is 36.2 Å². The fourth-order valence-corrected chi connectivity index (χ4v) is 5.20. The number of hydrogen-bond acceptors (Lipinski definition) is 6. The quantitative estimate of drug-likeness (QED) is 0.229. The Morgan fingerprint density at radius 3 is 2.36 bits per heavy atom. The predicted molar refractivity (Wildman–Crippen MR) is 136 cm³/mol. The topological polar surface area (TPSA) is 77.3 Å². The fourth-order valence-electron chi connectivity index (χ4n) is 5.20. The number of cyclic esters (lactones) is 1. The van der Waals surface area contributed by atoms with E-state index in [1.807, 2.05) is 72.9 Å². The van der Waals surface area contributed by atoms with Gasteiger partial charge in [-0.15, -0.1) is 0 Å². The summed E-state index contributed by atoms with van der Waals surface area (Å²) in [7, 11) is 3.82. The number of anilines is 1. The lowest BCUT2D eigenvalue weighted by molar-refractivity contribution is -0.131. The summed E-state index contributed by atoms with van der Waals surface area (Å²) in [6.07, 6.45) is 1.87. The summed E-state index contributed by atoms with van der Waals surface area (Å²) < 4.78 is 13.5. The maximum Gasteiger partial charge on any atom is 0.340 e. The van der Waals surface area contributed by atoms with Crippen molar-refractivity contribution in [1.82, 2.24) is 4.40 Å². The van der Waals surface area contributed by atoms with Gasteiger partial charge in [0, 0.05) is 49.6 Å². The molecule has 36 heavy (non-hydrogen) atoms. The van der Waals surface area contributed by atoms with E-state index in [1.165, 1.54) is 13.8 Å². The number of carbonyl (C=O) groups is 3. The van der Waals surface area contributed by atoms with Crippen LogP contribution in [0, 0.1) is 6.92 Å². The number of ketones is 1. The van der Waals surface area contributed by atoms with Gasteiger partial charge in [0.15, 0.2) is 5.78 Å². The molecule has 3 heterocycles. The minimum Gasteiger partial charge on any atom is -0.439 e. The Labute approximate surface area is 208 Å². The molecule has 0 fully saturated rings. The predicted octanol–water partition coefficient (Wildman–Crippen LogP) is 4.90. The average molecular weight is 483 g/mol. The largest absolute Gasteiger partial charge is 0.439 e. The highest BCUT2D eigenvalue weighted by Gasteiger charge is 2.51. The first-order chi connectivity index (χ1) is 17.1. The van der Waals surface area contributed by atoms with Gasteiger partial charge in [-0.25, -0.2) is 4.79 Å². The van der Waals surface area contributed by atoms with E-state index in [-0.39, 0.29) is 5.78 Å². The van der Waals surface area contributed by atoms with Crippen molar-refractivity contribution >= 4 is 28.9 Å². The third-order valence-corrected chi connectivity index (χ3v) is 6.66. The number of fused-ring (bicyclic) bond motifs is 2. The van der Waals surface area contributed by atoms with Crippen molar-refractivity contribution in [2.24, 2.45) is 0 Å². The molecule has 1 atom stereocenters. The van der Waals surface area contributed by atoms with E-state index < -0.39 is 17.5 Å². The molecule has 0 spiro atoms. The molecule has 1 aliphatic rings. The van der Waals surface area contributed by atoms with Crippen molar-refractivity contribution in [3.05, 3.63) is 100 Å². The zero-order valence-corrected chi connectivity index (χ0v) is 20.8. The van der Waals surface area contributed by atoms with Gasteiger partial charge in [0.05, 0.1) is 16.8 Å². The van der Waals surface area contributed by atoms with Crippen LogP contribution in [0.3, 0.4) is 0 Å². The molecule has 182 valence electrons. The Hall–Kier alpha value is -4.39. The van der Waals surface area contributed by atoms with Crippen LogP contribution in [0.5, 0.6) is 5.75 Å². The van der Waals surface area contributed by atoms with E-state index in [0.717, 1.165) is 16.8 Å². The van der Waals surface area contributed by atoms with Gasteiger partial charge in [-0.1, -0.05) is 24.3 Å². The highest BCUT2D eigenvalue weighted by molar-refractivity contribution is 6.04. The van der Waals surface area contributed by atoms with Crippen molar-refractivity contribution in [3.63, 3.8) is 0 Å². The van der Waals surface area contributed by atoms with Crippen LogP contribution in [0.4, 0.5) is 5.69 Å². The Balaban J connectivity index is 1.87. The summed E-state index contributed by atoms with van der Waals surface area (Å²) in [6.45, 7) is 4.76. The molecule has 0 bridgehead atoms. The minimum absolute atomic E-state index is 0.0738. The molecular weight excluding hydrogens is 456 g/mol. The third kappa shape index (κ3) is 3.39. The van der Waals surface area contributed by atoms with E-state index in [9.17, 15) is 14.4 Å². The molecule has 0 saturated carbocycles. The second-order valence-corrected chi connectivity index (χ2v) is 9.17. The zero-order valence-electron chi connectivity index (χ0n) is 20.8. The molecular formula is C29H26N2O5. The van der Waals surface area contributed by atoms with Crippen LogP contribution < -0.4 is 9.64 Å². The van der Waals surface area contributed by atoms with Crippen molar-refractivity contribution in [2.45, 2.75) is 26.4 Å². The molecule has 0 saturated heterocycles. The van der Waals surface area contributed by atoms with E-state index in [0.29, 0.717) is 33.7 Å². The lowest BCUT2D eigenvalue weighted by atomic mass is 9.80. The maximum atomic E-state index is 13.4. The average Bonchev–Trinajstić information content (AvgIpc) is 3.30. The number of ether oxygens (including phenoxy) is 2. The van der Waals surface area contributed by atoms with Gasteiger partial charge in [0.1, 0.15) is 5.75 Å². The van der Waals surface area contributed by atoms with Gasteiger partial charge in [-0.2, -0.15) is 0 Å². The number of rotatable bonds is 5. The first-order valence-corrected chi connectivity index (χ1v) is 11.6. The number of aromatic nitrogens is 1. The number of benzene rings is 2. The van der Waals surface area contributed by atoms with Gasteiger partial charge in [0.25, 0.3) is 0 Å². The Morgan fingerprint density at radius 2 is 1.72 bits per heavy atom. The molecule has 0 aliphatic carbocycles. The summed E-state index contributed by atoms with van der Waals surface area (Å²) in [5.74, 6) is -0.566. The molecule has 1 unspecified atom stereocenters. The first-order valence-electron chi connectivity index (χ1n) is 11.6. The van der Waals surface area contributed by atoms with Gasteiger partial charge in [-0.3, -0.25) is 9.59 Å². The number of esters is 2. The van der Waals surface area contributed by atoms with Crippen molar-refractivity contribution < 1.29 is 23.9 Å². The van der Waals surface area contributed by atoms with E-state index >= 15 is 0 Å². The second-order valence-electron chi connectivity index (χ2n) is 9.17. The van der Waals surface area contributed by atoms with Gasteiger partial charge in [0.2, 0.25) is 5.60 Å². The number of Topliss-reactive ketones (excluding diaryl/α,β-unsaturated/α-hetero) is 1. The standard InChI is InChI=1S/C29H26N2O5/c1-17-26(18(2)32)25-8-6-7-15-31(25)27(17)29(20-9-12-22(13-10-20)35-19(3)33)24-14-11-21(30(4)5)16-23(24)28(34)36-29/h6-16H,1-5H3. The van der Waals surface area contributed by atoms with Crippen LogP contribution >= 0.6 is 0 Å². The second kappa shape index (κ2) is 8.37. The minimum atomic E-state index is -1.33. The monoisotopic (exact) mass is 482 g/mol. The summed E-state index contributed by atoms with van der Waals surface area (Å²) >= 11 is 0. The number of nitrogens with zero attached hydrogens (tertiary/aromatic N) is 2. The molecule has 7 heteroatoms. The molecule has 5 rings (SSSR count). The Bertz CT molecular complexity index is 1550.